The number of aliphatic hydroxyl groups is 1. The van der Waals surface area contributed by atoms with E-state index in [0.717, 1.165) is 23.6 Å². The van der Waals surface area contributed by atoms with Gasteiger partial charge in [-0.25, -0.2) is 0 Å². The molecule has 3 heteroatoms. The summed E-state index contributed by atoms with van der Waals surface area (Å²) in [5.41, 5.74) is 2.30. The minimum absolute atomic E-state index is 0.228. The third-order valence-electron chi connectivity index (χ3n) is 2.53. The van der Waals surface area contributed by atoms with Crippen LogP contribution in [0.15, 0.2) is 42.6 Å². The Hall–Kier alpha value is -1.25. The van der Waals surface area contributed by atoms with Crippen molar-refractivity contribution >= 4 is 11.6 Å². The van der Waals surface area contributed by atoms with Gasteiger partial charge in [0.1, 0.15) is 0 Å². The Balaban J connectivity index is 2.26. The van der Waals surface area contributed by atoms with E-state index in [-0.39, 0.29) is 6.61 Å². The summed E-state index contributed by atoms with van der Waals surface area (Å²) in [5, 5.41) is 9.58. The molecule has 0 saturated carbocycles. The van der Waals surface area contributed by atoms with Gasteiger partial charge < -0.3 is 9.67 Å². The Morgan fingerprint density at radius 1 is 1.12 bits per heavy atom. The lowest BCUT2D eigenvalue weighted by Crippen LogP contribution is -1.99. The van der Waals surface area contributed by atoms with Crippen LogP contribution in [-0.2, 0) is 6.42 Å². The van der Waals surface area contributed by atoms with Crippen LogP contribution in [0.4, 0.5) is 0 Å². The maximum atomic E-state index is 8.84. The highest BCUT2D eigenvalue weighted by atomic mass is 35.5. The van der Waals surface area contributed by atoms with Gasteiger partial charge >= 0.3 is 0 Å². The predicted octanol–water partition coefficient (Wildman–Crippen LogP) is 3.06. The summed E-state index contributed by atoms with van der Waals surface area (Å²) in [5.74, 6) is 0. The number of hydrogen-bond donors (Lipinski definition) is 1. The van der Waals surface area contributed by atoms with Gasteiger partial charge in [0.15, 0.2) is 0 Å². The number of hydrogen-bond acceptors (Lipinski definition) is 1. The highest BCUT2D eigenvalue weighted by molar-refractivity contribution is 6.30. The topological polar surface area (TPSA) is 25.2 Å². The van der Waals surface area contributed by atoms with E-state index in [4.69, 9.17) is 16.7 Å². The first-order valence-electron chi connectivity index (χ1n) is 5.34. The maximum absolute atomic E-state index is 8.84. The van der Waals surface area contributed by atoms with E-state index in [1.54, 1.807) is 0 Å². The molecule has 1 aromatic carbocycles. The molecule has 0 aliphatic heterocycles. The van der Waals surface area contributed by atoms with E-state index in [9.17, 15) is 0 Å². The molecule has 1 aromatic heterocycles. The number of aliphatic hydroxyl groups excluding tert-OH is 1. The predicted molar refractivity (Wildman–Crippen MR) is 66.2 cm³/mol. The average Bonchev–Trinajstić information content (AvgIpc) is 2.75. The molecule has 16 heavy (non-hydrogen) atoms. The van der Waals surface area contributed by atoms with Crippen molar-refractivity contribution in [2.45, 2.75) is 12.8 Å². The number of aromatic nitrogens is 1. The van der Waals surface area contributed by atoms with E-state index in [1.807, 2.05) is 36.5 Å². The van der Waals surface area contributed by atoms with E-state index in [0.29, 0.717) is 0 Å². The molecule has 2 rings (SSSR count). The summed E-state index contributed by atoms with van der Waals surface area (Å²) >= 11 is 5.85. The summed E-state index contributed by atoms with van der Waals surface area (Å²) in [6.45, 7) is 0.228. The quantitative estimate of drug-likeness (QED) is 0.866. The van der Waals surface area contributed by atoms with Gasteiger partial charge in [0.2, 0.25) is 0 Å². The van der Waals surface area contributed by atoms with Crippen molar-refractivity contribution in [2.24, 2.45) is 0 Å². The fourth-order valence-corrected chi connectivity index (χ4v) is 1.86. The summed E-state index contributed by atoms with van der Waals surface area (Å²) in [4.78, 5) is 0. The molecule has 0 unspecified atom stereocenters. The van der Waals surface area contributed by atoms with Crippen LogP contribution >= 0.6 is 11.6 Å². The van der Waals surface area contributed by atoms with Crippen molar-refractivity contribution < 1.29 is 5.11 Å². The van der Waals surface area contributed by atoms with Gasteiger partial charge in [-0.3, -0.25) is 0 Å². The molecule has 0 aliphatic rings. The number of benzene rings is 1. The minimum Gasteiger partial charge on any atom is -0.396 e. The van der Waals surface area contributed by atoms with Crippen LogP contribution in [0.25, 0.3) is 5.69 Å². The van der Waals surface area contributed by atoms with Crippen LogP contribution < -0.4 is 0 Å². The van der Waals surface area contributed by atoms with Crippen LogP contribution in [0.2, 0.25) is 5.02 Å². The molecular formula is C13H14ClNO. The summed E-state index contributed by atoms with van der Waals surface area (Å²) in [6.07, 6.45) is 3.69. The highest BCUT2D eigenvalue weighted by Gasteiger charge is 2.02. The fraction of sp³-hybridized carbons (Fsp3) is 0.231. The van der Waals surface area contributed by atoms with Crippen molar-refractivity contribution in [3.05, 3.63) is 53.3 Å². The van der Waals surface area contributed by atoms with E-state index < -0.39 is 0 Å². The Kier molecular flexibility index (Phi) is 3.65. The number of rotatable bonds is 4. The highest BCUT2D eigenvalue weighted by Crippen LogP contribution is 2.16. The zero-order valence-corrected chi connectivity index (χ0v) is 9.69. The number of nitrogens with zero attached hydrogens (tertiary/aromatic N) is 1. The molecule has 0 saturated heterocycles. The van der Waals surface area contributed by atoms with Crippen LogP contribution in [-0.4, -0.2) is 16.3 Å². The molecule has 0 radical (unpaired) electrons. The Morgan fingerprint density at radius 2 is 1.88 bits per heavy atom. The van der Waals surface area contributed by atoms with Gasteiger partial charge in [-0.1, -0.05) is 11.6 Å². The molecule has 0 atom stereocenters. The summed E-state index contributed by atoms with van der Waals surface area (Å²) in [6, 6.07) is 11.8. The summed E-state index contributed by atoms with van der Waals surface area (Å²) < 4.78 is 2.12. The summed E-state index contributed by atoms with van der Waals surface area (Å²) in [7, 11) is 0. The average molecular weight is 236 g/mol. The van der Waals surface area contributed by atoms with Gasteiger partial charge in [0.25, 0.3) is 0 Å². The molecule has 0 spiro atoms. The first kappa shape index (κ1) is 11.2. The smallest absolute Gasteiger partial charge is 0.0453 e. The van der Waals surface area contributed by atoms with Gasteiger partial charge in [-0.05, 0) is 49.2 Å². The third-order valence-corrected chi connectivity index (χ3v) is 2.78. The largest absolute Gasteiger partial charge is 0.396 e. The third kappa shape index (κ3) is 2.46. The second kappa shape index (κ2) is 5.19. The first-order chi connectivity index (χ1) is 7.81. The van der Waals surface area contributed by atoms with E-state index >= 15 is 0 Å². The molecular weight excluding hydrogens is 222 g/mol. The lowest BCUT2D eigenvalue weighted by atomic mass is 10.2. The van der Waals surface area contributed by atoms with Crippen molar-refractivity contribution in [1.82, 2.24) is 4.57 Å². The molecule has 2 aromatic rings. The molecule has 84 valence electrons. The zero-order chi connectivity index (χ0) is 11.4. The number of aryl methyl sites for hydroxylation is 1. The second-order valence-corrected chi connectivity index (χ2v) is 4.11. The molecule has 2 nitrogen and oxygen atoms in total. The second-order valence-electron chi connectivity index (χ2n) is 3.67. The van der Waals surface area contributed by atoms with Gasteiger partial charge in [-0.2, -0.15) is 0 Å². The van der Waals surface area contributed by atoms with Crippen LogP contribution in [0.5, 0.6) is 0 Å². The molecule has 1 heterocycles. The van der Waals surface area contributed by atoms with Gasteiger partial charge in [0.05, 0.1) is 0 Å². The van der Waals surface area contributed by atoms with Crippen molar-refractivity contribution in [3.8, 4) is 5.69 Å². The number of halogens is 1. The molecule has 0 bridgehead atoms. The van der Waals surface area contributed by atoms with Gasteiger partial charge in [-0.15, -0.1) is 0 Å². The Bertz CT molecular complexity index is 447. The molecule has 0 aliphatic carbocycles. The van der Waals surface area contributed by atoms with Crippen LogP contribution in [0.1, 0.15) is 12.1 Å². The van der Waals surface area contributed by atoms with Crippen LogP contribution in [0, 0.1) is 0 Å². The lowest BCUT2D eigenvalue weighted by Gasteiger charge is -2.08. The lowest BCUT2D eigenvalue weighted by molar-refractivity contribution is 0.288. The minimum atomic E-state index is 0.228. The molecule has 0 amide bonds. The van der Waals surface area contributed by atoms with Crippen molar-refractivity contribution in [2.75, 3.05) is 6.61 Å². The fourth-order valence-electron chi connectivity index (χ4n) is 1.73. The van der Waals surface area contributed by atoms with Gasteiger partial charge in [0, 0.05) is 29.2 Å². The van der Waals surface area contributed by atoms with Crippen molar-refractivity contribution in [3.63, 3.8) is 0 Å². The zero-order valence-electron chi connectivity index (χ0n) is 8.94. The SMILES string of the molecule is OCCCc1cccn1-c1ccc(Cl)cc1. The Morgan fingerprint density at radius 3 is 2.56 bits per heavy atom. The van der Waals surface area contributed by atoms with Crippen LogP contribution in [0.3, 0.4) is 0 Å². The van der Waals surface area contributed by atoms with Crippen molar-refractivity contribution in [1.29, 1.82) is 0 Å². The molecule has 0 fully saturated rings. The maximum Gasteiger partial charge on any atom is 0.0453 e. The molecule has 1 N–H and O–H groups in total. The first-order valence-corrected chi connectivity index (χ1v) is 5.72. The normalized spacial score (nSPS) is 10.6. The Labute approximate surface area is 100 Å². The van der Waals surface area contributed by atoms with E-state index in [2.05, 4.69) is 10.6 Å². The van der Waals surface area contributed by atoms with E-state index in [1.165, 1.54) is 5.69 Å². The monoisotopic (exact) mass is 235 g/mol. The standard InChI is InChI=1S/C13H14ClNO/c14-11-5-7-13(8-6-11)15-9-1-3-12(15)4-2-10-16/h1,3,5-9,16H,2,4,10H2.